The van der Waals surface area contributed by atoms with Gasteiger partial charge in [0.2, 0.25) is 5.13 Å². The van der Waals surface area contributed by atoms with Crippen LogP contribution in [-0.4, -0.2) is 23.8 Å². The molecule has 0 radical (unpaired) electrons. The van der Waals surface area contributed by atoms with Crippen molar-refractivity contribution in [1.29, 1.82) is 0 Å². The SMILES string of the molecule is CCOC(=O)Cc1csc(NN=Cc2cc(C)c(Cl)cc2Cl)n1. The number of carbonyl (C=O) groups excluding carboxylic acids is 1. The van der Waals surface area contributed by atoms with Crippen molar-refractivity contribution in [3.63, 3.8) is 0 Å². The number of hydrazone groups is 1. The Bertz CT molecular complexity index is 732. The van der Waals surface area contributed by atoms with E-state index < -0.39 is 0 Å². The fraction of sp³-hybridized carbons (Fsp3) is 0.267. The molecule has 0 aliphatic rings. The molecule has 1 heterocycles. The molecule has 2 rings (SSSR count). The Morgan fingerprint density at radius 2 is 2.22 bits per heavy atom. The molecule has 0 aliphatic heterocycles. The highest BCUT2D eigenvalue weighted by atomic mass is 35.5. The first-order chi connectivity index (χ1) is 11.0. The highest BCUT2D eigenvalue weighted by Crippen LogP contribution is 2.24. The molecule has 5 nitrogen and oxygen atoms in total. The molecule has 23 heavy (non-hydrogen) atoms. The number of benzene rings is 1. The molecule has 0 saturated carbocycles. The van der Waals surface area contributed by atoms with E-state index in [1.807, 2.05) is 13.0 Å². The van der Waals surface area contributed by atoms with Gasteiger partial charge in [-0.15, -0.1) is 11.3 Å². The van der Waals surface area contributed by atoms with Crippen LogP contribution >= 0.6 is 34.5 Å². The van der Waals surface area contributed by atoms with Gasteiger partial charge in [0.25, 0.3) is 0 Å². The summed E-state index contributed by atoms with van der Waals surface area (Å²) < 4.78 is 4.88. The van der Waals surface area contributed by atoms with Gasteiger partial charge >= 0.3 is 5.97 Å². The normalized spacial score (nSPS) is 11.0. The fourth-order valence-electron chi connectivity index (χ4n) is 1.73. The second-order valence-electron chi connectivity index (χ2n) is 4.62. The molecule has 0 amide bonds. The first kappa shape index (κ1) is 17.7. The maximum Gasteiger partial charge on any atom is 0.311 e. The lowest BCUT2D eigenvalue weighted by Crippen LogP contribution is -2.07. The summed E-state index contributed by atoms with van der Waals surface area (Å²) in [5.74, 6) is -0.295. The molecule has 1 aromatic carbocycles. The minimum absolute atomic E-state index is 0.151. The van der Waals surface area contributed by atoms with Gasteiger partial charge in [-0.05, 0) is 31.5 Å². The predicted octanol–water partition coefficient (Wildman–Crippen LogP) is 4.31. The number of rotatable bonds is 6. The van der Waals surface area contributed by atoms with Crippen LogP contribution in [0.2, 0.25) is 10.0 Å². The minimum atomic E-state index is -0.295. The van der Waals surface area contributed by atoms with Crippen LogP contribution in [0.1, 0.15) is 23.7 Å². The van der Waals surface area contributed by atoms with Gasteiger partial charge < -0.3 is 4.74 Å². The van der Waals surface area contributed by atoms with Crippen LogP contribution in [0.4, 0.5) is 5.13 Å². The van der Waals surface area contributed by atoms with Gasteiger partial charge in [-0.25, -0.2) is 4.98 Å². The summed E-state index contributed by atoms with van der Waals surface area (Å²) in [5.41, 5.74) is 5.13. The van der Waals surface area contributed by atoms with Gasteiger partial charge in [0.15, 0.2) is 0 Å². The van der Waals surface area contributed by atoms with Crippen LogP contribution in [0.15, 0.2) is 22.6 Å². The topological polar surface area (TPSA) is 63.6 Å². The van der Waals surface area contributed by atoms with E-state index in [1.54, 1.807) is 24.6 Å². The van der Waals surface area contributed by atoms with Crippen LogP contribution in [0.5, 0.6) is 0 Å². The minimum Gasteiger partial charge on any atom is -0.466 e. The zero-order chi connectivity index (χ0) is 16.8. The maximum atomic E-state index is 11.4. The zero-order valence-electron chi connectivity index (χ0n) is 12.6. The van der Waals surface area contributed by atoms with E-state index in [0.29, 0.717) is 27.5 Å². The molecule has 0 spiro atoms. The molecule has 0 atom stereocenters. The molecule has 1 aromatic heterocycles. The average Bonchev–Trinajstić information content (AvgIpc) is 2.92. The number of anilines is 1. The summed E-state index contributed by atoms with van der Waals surface area (Å²) in [7, 11) is 0. The number of nitrogens with one attached hydrogen (secondary N) is 1. The summed E-state index contributed by atoms with van der Waals surface area (Å²) in [4.78, 5) is 15.6. The number of hydrogen-bond donors (Lipinski definition) is 1. The third kappa shape index (κ3) is 5.20. The second-order valence-corrected chi connectivity index (χ2v) is 6.29. The lowest BCUT2D eigenvalue weighted by molar-refractivity contribution is -0.142. The quantitative estimate of drug-likeness (QED) is 0.466. The first-order valence-corrected chi connectivity index (χ1v) is 8.48. The third-order valence-electron chi connectivity index (χ3n) is 2.82. The summed E-state index contributed by atoms with van der Waals surface area (Å²) in [5, 5.41) is 7.61. The van der Waals surface area contributed by atoms with E-state index in [-0.39, 0.29) is 12.4 Å². The summed E-state index contributed by atoms with van der Waals surface area (Å²) >= 11 is 13.5. The maximum absolute atomic E-state index is 11.4. The molecule has 0 bridgehead atoms. The van der Waals surface area contributed by atoms with Crippen molar-refractivity contribution in [2.45, 2.75) is 20.3 Å². The largest absolute Gasteiger partial charge is 0.466 e. The number of thiazole rings is 1. The molecule has 2 aromatic rings. The molecule has 0 fully saturated rings. The van der Waals surface area contributed by atoms with Crippen LogP contribution in [-0.2, 0) is 16.0 Å². The number of nitrogens with zero attached hydrogens (tertiary/aromatic N) is 2. The van der Waals surface area contributed by atoms with Crippen molar-refractivity contribution in [3.8, 4) is 0 Å². The van der Waals surface area contributed by atoms with Crippen molar-refractivity contribution < 1.29 is 9.53 Å². The Morgan fingerprint density at radius 3 is 2.96 bits per heavy atom. The Hall–Kier alpha value is -1.63. The number of aromatic nitrogens is 1. The van der Waals surface area contributed by atoms with Crippen molar-refractivity contribution >= 4 is 51.9 Å². The Kier molecular flexibility index (Phi) is 6.38. The van der Waals surface area contributed by atoms with E-state index >= 15 is 0 Å². The zero-order valence-corrected chi connectivity index (χ0v) is 14.9. The summed E-state index contributed by atoms with van der Waals surface area (Å²) in [6.07, 6.45) is 1.75. The second kappa shape index (κ2) is 8.29. The molecule has 122 valence electrons. The van der Waals surface area contributed by atoms with E-state index in [1.165, 1.54) is 11.3 Å². The first-order valence-electron chi connectivity index (χ1n) is 6.84. The number of carbonyl (C=O) groups is 1. The number of halogens is 2. The smallest absolute Gasteiger partial charge is 0.311 e. The van der Waals surface area contributed by atoms with Crippen LogP contribution in [0.3, 0.4) is 0 Å². The van der Waals surface area contributed by atoms with Crippen molar-refractivity contribution in [2.75, 3.05) is 12.0 Å². The van der Waals surface area contributed by atoms with Gasteiger partial charge in [-0.2, -0.15) is 5.10 Å². The van der Waals surface area contributed by atoms with Crippen molar-refractivity contribution in [3.05, 3.63) is 44.4 Å². The number of ether oxygens (including phenoxy) is 1. The van der Waals surface area contributed by atoms with Gasteiger partial charge in [0.05, 0.1) is 30.0 Å². The molecule has 0 aliphatic carbocycles. The molecule has 0 unspecified atom stereocenters. The predicted molar refractivity (Wildman–Crippen MR) is 94.9 cm³/mol. The van der Waals surface area contributed by atoms with Crippen molar-refractivity contribution in [2.24, 2.45) is 5.10 Å². The number of hydrogen-bond acceptors (Lipinski definition) is 6. The molecule has 1 N–H and O–H groups in total. The average molecular weight is 372 g/mol. The summed E-state index contributed by atoms with van der Waals surface area (Å²) in [6.45, 7) is 4.02. The van der Waals surface area contributed by atoms with Gasteiger partial charge in [0, 0.05) is 16.0 Å². The van der Waals surface area contributed by atoms with Gasteiger partial charge in [-0.3, -0.25) is 10.2 Å². The van der Waals surface area contributed by atoms with Crippen LogP contribution in [0.25, 0.3) is 0 Å². The Balaban J connectivity index is 1.97. The molecular formula is C15H15Cl2N3O2S. The van der Waals surface area contributed by atoms with Gasteiger partial charge in [0.1, 0.15) is 0 Å². The number of aryl methyl sites for hydroxylation is 1. The highest BCUT2D eigenvalue weighted by Gasteiger charge is 2.08. The lowest BCUT2D eigenvalue weighted by atomic mass is 10.1. The fourth-order valence-corrected chi connectivity index (χ4v) is 2.83. The Labute approximate surface area is 148 Å². The monoisotopic (exact) mass is 371 g/mol. The lowest BCUT2D eigenvalue weighted by Gasteiger charge is -2.02. The van der Waals surface area contributed by atoms with Gasteiger partial charge in [-0.1, -0.05) is 23.2 Å². The highest BCUT2D eigenvalue weighted by molar-refractivity contribution is 7.13. The van der Waals surface area contributed by atoms with E-state index in [4.69, 9.17) is 27.9 Å². The number of esters is 1. The Morgan fingerprint density at radius 1 is 1.43 bits per heavy atom. The molecule has 8 heteroatoms. The standard InChI is InChI=1S/C15H15Cl2N3O2S/c1-3-22-14(21)5-11-8-23-15(19-11)20-18-7-10-4-9(2)12(16)6-13(10)17/h4,6-8H,3,5H2,1-2H3,(H,19,20). The third-order valence-corrected chi connectivity index (χ3v) is 4.35. The molecule has 0 saturated heterocycles. The van der Waals surface area contributed by atoms with E-state index in [0.717, 1.165) is 11.1 Å². The van der Waals surface area contributed by atoms with E-state index in [9.17, 15) is 4.79 Å². The summed E-state index contributed by atoms with van der Waals surface area (Å²) in [6, 6.07) is 3.53. The van der Waals surface area contributed by atoms with Crippen LogP contribution in [0, 0.1) is 6.92 Å². The molecular weight excluding hydrogens is 357 g/mol. The van der Waals surface area contributed by atoms with Crippen LogP contribution < -0.4 is 5.43 Å². The van der Waals surface area contributed by atoms with E-state index in [2.05, 4.69) is 15.5 Å². The van der Waals surface area contributed by atoms with Crippen molar-refractivity contribution in [1.82, 2.24) is 4.98 Å².